The number of nitrogens with one attached hydrogen (secondary N) is 1. The Balaban J connectivity index is 1.86. The molecule has 2 aromatic rings. The second-order valence-electron chi connectivity index (χ2n) is 4.85. The van der Waals surface area contributed by atoms with Crippen molar-refractivity contribution >= 4 is 28.3 Å². The van der Waals surface area contributed by atoms with Crippen molar-refractivity contribution in [2.45, 2.75) is 18.9 Å². The van der Waals surface area contributed by atoms with Gasteiger partial charge >= 0.3 is 0 Å². The molecule has 3 rings (SSSR count). The minimum atomic E-state index is 0.460. The van der Waals surface area contributed by atoms with Crippen molar-refractivity contribution in [1.82, 2.24) is 0 Å². The maximum atomic E-state index is 3.72. The Labute approximate surface area is 122 Å². The molecule has 2 heteroatoms. The maximum Gasteiger partial charge on any atom is 0.0542 e. The van der Waals surface area contributed by atoms with Crippen LogP contribution in [0.15, 0.2) is 54.6 Å². The Morgan fingerprint density at radius 2 is 1.61 bits per heavy atom. The molecular formula is C16H16IN. The van der Waals surface area contributed by atoms with E-state index < -0.39 is 0 Å². The zero-order valence-corrected chi connectivity index (χ0v) is 12.3. The fraction of sp³-hybridized carbons (Fsp3) is 0.250. The van der Waals surface area contributed by atoms with Crippen molar-refractivity contribution in [2.24, 2.45) is 5.92 Å². The van der Waals surface area contributed by atoms with E-state index in [2.05, 4.69) is 82.5 Å². The molecule has 1 nitrogen and oxygen atoms in total. The summed E-state index contributed by atoms with van der Waals surface area (Å²) in [5.41, 5.74) is 2.65. The van der Waals surface area contributed by atoms with Crippen LogP contribution in [-0.4, -0.2) is 0 Å². The SMILES string of the molecule is Ic1ccccc1NC(c1ccccc1)C1CC1. The molecule has 0 saturated heterocycles. The van der Waals surface area contributed by atoms with Crippen molar-refractivity contribution in [3.8, 4) is 0 Å². The first-order valence-electron chi connectivity index (χ1n) is 6.40. The van der Waals surface area contributed by atoms with E-state index in [4.69, 9.17) is 0 Å². The highest BCUT2D eigenvalue weighted by Crippen LogP contribution is 2.43. The molecule has 0 spiro atoms. The second kappa shape index (κ2) is 5.31. The van der Waals surface area contributed by atoms with Crippen LogP contribution in [0.1, 0.15) is 24.4 Å². The zero-order chi connectivity index (χ0) is 12.4. The normalized spacial score (nSPS) is 16.3. The summed E-state index contributed by atoms with van der Waals surface area (Å²) in [5, 5.41) is 3.72. The summed E-state index contributed by atoms with van der Waals surface area (Å²) in [6.07, 6.45) is 2.69. The Hall–Kier alpha value is -1.03. The molecule has 0 aromatic heterocycles. The predicted octanol–water partition coefficient (Wildman–Crippen LogP) is 4.85. The van der Waals surface area contributed by atoms with Gasteiger partial charge in [0.05, 0.1) is 6.04 Å². The summed E-state index contributed by atoms with van der Waals surface area (Å²) < 4.78 is 1.29. The molecule has 0 aliphatic heterocycles. The molecule has 2 aromatic carbocycles. The summed E-state index contributed by atoms with van der Waals surface area (Å²) >= 11 is 2.39. The monoisotopic (exact) mass is 349 g/mol. The highest BCUT2D eigenvalue weighted by atomic mass is 127. The summed E-state index contributed by atoms with van der Waals surface area (Å²) in [7, 11) is 0. The van der Waals surface area contributed by atoms with Gasteiger partial charge in [-0.15, -0.1) is 0 Å². The lowest BCUT2D eigenvalue weighted by Crippen LogP contribution is -2.13. The molecule has 0 radical (unpaired) electrons. The van der Waals surface area contributed by atoms with Crippen LogP contribution in [0.2, 0.25) is 0 Å². The van der Waals surface area contributed by atoms with Crippen LogP contribution < -0.4 is 5.32 Å². The molecule has 0 heterocycles. The van der Waals surface area contributed by atoms with Gasteiger partial charge < -0.3 is 5.32 Å². The molecule has 0 amide bonds. The molecule has 1 fully saturated rings. The summed E-state index contributed by atoms with van der Waals surface area (Å²) in [4.78, 5) is 0. The fourth-order valence-electron chi connectivity index (χ4n) is 2.31. The molecule has 18 heavy (non-hydrogen) atoms. The van der Waals surface area contributed by atoms with Crippen LogP contribution in [0, 0.1) is 9.49 Å². The van der Waals surface area contributed by atoms with Crippen molar-refractivity contribution in [1.29, 1.82) is 0 Å². The third-order valence-corrected chi connectivity index (χ3v) is 4.38. The standard InChI is InChI=1S/C16H16IN/c17-14-8-4-5-9-15(14)18-16(13-10-11-13)12-6-2-1-3-7-12/h1-9,13,16,18H,10-11H2. The maximum absolute atomic E-state index is 3.72. The Bertz CT molecular complexity index is 520. The number of benzene rings is 2. The van der Waals surface area contributed by atoms with Crippen molar-refractivity contribution < 1.29 is 0 Å². The molecule has 1 saturated carbocycles. The van der Waals surface area contributed by atoms with Gasteiger partial charge in [0.15, 0.2) is 0 Å². The number of halogens is 1. The van der Waals surface area contributed by atoms with Gasteiger partial charge in [0.1, 0.15) is 0 Å². The van der Waals surface area contributed by atoms with Gasteiger partial charge in [-0.3, -0.25) is 0 Å². The summed E-state index contributed by atoms with van der Waals surface area (Å²) in [5.74, 6) is 0.795. The number of anilines is 1. The molecule has 1 atom stereocenters. The van der Waals surface area contributed by atoms with E-state index >= 15 is 0 Å². The van der Waals surface area contributed by atoms with E-state index in [-0.39, 0.29) is 0 Å². The number of hydrogen-bond donors (Lipinski definition) is 1. The Morgan fingerprint density at radius 3 is 2.28 bits per heavy atom. The topological polar surface area (TPSA) is 12.0 Å². The third kappa shape index (κ3) is 2.69. The van der Waals surface area contributed by atoms with Crippen LogP contribution in [-0.2, 0) is 0 Å². The van der Waals surface area contributed by atoms with Crippen LogP contribution in [0.3, 0.4) is 0 Å². The molecule has 0 bridgehead atoms. The minimum absolute atomic E-state index is 0.460. The molecule has 92 valence electrons. The highest BCUT2D eigenvalue weighted by molar-refractivity contribution is 14.1. The second-order valence-corrected chi connectivity index (χ2v) is 6.01. The van der Waals surface area contributed by atoms with Crippen LogP contribution >= 0.6 is 22.6 Å². The van der Waals surface area contributed by atoms with Crippen molar-refractivity contribution in [3.63, 3.8) is 0 Å². The minimum Gasteiger partial charge on any atom is -0.377 e. The van der Waals surface area contributed by atoms with Gasteiger partial charge in [0, 0.05) is 9.26 Å². The number of hydrogen-bond acceptors (Lipinski definition) is 1. The van der Waals surface area contributed by atoms with Crippen LogP contribution in [0.25, 0.3) is 0 Å². The van der Waals surface area contributed by atoms with Crippen LogP contribution in [0.4, 0.5) is 5.69 Å². The van der Waals surface area contributed by atoms with Crippen molar-refractivity contribution in [3.05, 3.63) is 63.7 Å². The largest absolute Gasteiger partial charge is 0.377 e. The molecule has 1 unspecified atom stereocenters. The molecule has 1 aliphatic rings. The average Bonchev–Trinajstić information content (AvgIpc) is 3.23. The van der Waals surface area contributed by atoms with E-state index in [0.717, 1.165) is 5.92 Å². The third-order valence-electron chi connectivity index (χ3n) is 3.44. The number of rotatable bonds is 4. The van der Waals surface area contributed by atoms with Gasteiger partial charge in [0.2, 0.25) is 0 Å². The first-order chi connectivity index (χ1) is 8.84. The highest BCUT2D eigenvalue weighted by Gasteiger charge is 2.32. The van der Waals surface area contributed by atoms with E-state index in [0.29, 0.717) is 6.04 Å². The Kier molecular flexibility index (Phi) is 3.55. The van der Waals surface area contributed by atoms with Gasteiger partial charge in [-0.05, 0) is 59.0 Å². The van der Waals surface area contributed by atoms with E-state index in [9.17, 15) is 0 Å². The van der Waals surface area contributed by atoms with E-state index in [1.54, 1.807) is 0 Å². The predicted molar refractivity (Wildman–Crippen MR) is 84.7 cm³/mol. The lowest BCUT2D eigenvalue weighted by molar-refractivity contribution is 0.678. The quantitative estimate of drug-likeness (QED) is 0.778. The van der Waals surface area contributed by atoms with Crippen molar-refractivity contribution in [2.75, 3.05) is 5.32 Å². The van der Waals surface area contributed by atoms with Gasteiger partial charge in [-0.2, -0.15) is 0 Å². The lowest BCUT2D eigenvalue weighted by atomic mass is 10.0. The van der Waals surface area contributed by atoms with Crippen LogP contribution in [0.5, 0.6) is 0 Å². The van der Waals surface area contributed by atoms with E-state index in [1.807, 2.05) is 0 Å². The number of para-hydroxylation sites is 1. The lowest BCUT2D eigenvalue weighted by Gasteiger charge is -2.21. The molecule has 1 aliphatic carbocycles. The molecular weight excluding hydrogens is 333 g/mol. The fourth-order valence-corrected chi connectivity index (χ4v) is 2.85. The van der Waals surface area contributed by atoms with Gasteiger partial charge in [0.25, 0.3) is 0 Å². The van der Waals surface area contributed by atoms with Gasteiger partial charge in [-0.25, -0.2) is 0 Å². The Morgan fingerprint density at radius 1 is 0.944 bits per heavy atom. The average molecular weight is 349 g/mol. The van der Waals surface area contributed by atoms with E-state index in [1.165, 1.54) is 27.7 Å². The first kappa shape index (κ1) is 12.0. The smallest absolute Gasteiger partial charge is 0.0542 e. The summed E-state index contributed by atoms with van der Waals surface area (Å²) in [6.45, 7) is 0. The summed E-state index contributed by atoms with van der Waals surface area (Å²) in [6, 6.07) is 19.8. The first-order valence-corrected chi connectivity index (χ1v) is 7.48. The zero-order valence-electron chi connectivity index (χ0n) is 10.1. The molecule has 1 N–H and O–H groups in total. The van der Waals surface area contributed by atoms with Gasteiger partial charge in [-0.1, -0.05) is 42.5 Å².